The molecule has 0 aliphatic heterocycles. The van der Waals surface area contributed by atoms with Crippen molar-refractivity contribution in [2.45, 2.75) is 30.7 Å². The van der Waals surface area contributed by atoms with E-state index in [9.17, 15) is 18.0 Å². The van der Waals surface area contributed by atoms with Crippen LogP contribution in [0, 0.1) is 0 Å². The van der Waals surface area contributed by atoms with Crippen LogP contribution in [0.25, 0.3) is 0 Å². The van der Waals surface area contributed by atoms with Crippen LogP contribution in [0.4, 0.5) is 0 Å². The molecule has 0 saturated heterocycles. The average Bonchev–Trinajstić information content (AvgIpc) is 2.37. The molecule has 1 atom stereocenters. The first-order valence-corrected chi connectivity index (χ1v) is 7.99. The number of carbonyl (C=O) groups is 2. The molecule has 6 nitrogen and oxygen atoms in total. The predicted molar refractivity (Wildman–Crippen MR) is 73.3 cm³/mol. The Labute approximate surface area is 117 Å². The van der Waals surface area contributed by atoms with E-state index >= 15 is 0 Å². The van der Waals surface area contributed by atoms with Crippen LogP contribution in [-0.2, 0) is 14.6 Å². The Kier molecular flexibility index (Phi) is 5.26. The summed E-state index contributed by atoms with van der Waals surface area (Å²) in [6.07, 6.45) is 1.87. The zero-order valence-corrected chi connectivity index (χ0v) is 12.1. The van der Waals surface area contributed by atoms with E-state index in [-0.39, 0.29) is 16.9 Å². The van der Waals surface area contributed by atoms with Gasteiger partial charge in [0.15, 0.2) is 9.84 Å². The Morgan fingerprint density at radius 2 is 1.90 bits per heavy atom. The maximum absolute atomic E-state index is 12.1. The molecule has 1 amide bonds. The van der Waals surface area contributed by atoms with E-state index in [0.29, 0.717) is 6.42 Å². The van der Waals surface area contributed by atoms with Crippen molar-refractivity contribution in [1.82, 2.24) is 5.32 Å². The van der Waals surface area contributed by atoms with Gasteiger partial charge in [0, 0.05) is 6.26 Å². The summed E-state index contributed by atoms with van der Waals surface area (Å²) in [6.45, 7) is 1.80. The molecule has 1 unspecified atom stereocenters. The van der Waals surface area contributed by atoms with Crippen LogP contribution in [0.2, 0.25) is 0 Å². The van der Waals surface area contributed by atoms with Gasteiger partial charge in [-0.3, -0.25) is 4.79 Å². The van der Waals surface area contributed by atoms with E-state index in [1.807, 2.05) is 0 Å². The van der Waals surface area contributed by atoms with Crippen molar-refractivity contribution in [2.75, 3.05) is 6.26 Å². The third-order valence-electron chi connectivity index (χ3n) is 2.71. The third-order valence-corrected chi connectivity index (χ3v) is 3.87. The average molecular weight is 299 g/mol. The van der Waals surface area contributed by atoms with Crippen molar-refractivity contribution in [3.63, 3.8) is 0 Å². The Hall–Kier alpha value is -1.89. The van der Waals surface area contributed by atoms with Gasteiger partial charge in [0.25, 0.3) is 5.91 Å². The number of carboxylic acid groups (broad SMARTS) is 1. The summed E-state index contributed by atoms with van der Waals surface area (Å²) >= 11 is 0. The second kappa shape index (κ2) is 6.51. The largest absolute Gasteiger partial charge is 0.480 e. The van der Waals surface area contributed by atoms with Crippen molar-refractivity contribution < 1.29 is 23.1 Å². The van der Waals surface area contributed by atoms with Crippen LogP contribution in [0.1, 0.15) is 30.1 Å². The second-order valence-electron chi connectivity index (χ2n) is 4.42. The zero-order valence-electron chi connectivity index (χ0n) is 11.3. The number of rotatable bonds is 6. The Balaban J connectivity index is 3.07. The highest BCUT2D eigenvalue weighted by Crippen LogP contribution is 2.15. The summed E-state index contributed by atoms with van der Waals surface area (Å²) in [6, 6.07) is 4.68. The Bertz CT molecular complexity index is 609. The molecule has 0 aliphatic carbocycles. The van der Waals surface area contributed by atoms with Gasteiger partial charge in [-0.2, -0.15) is 0 Å². The van der Waals surface area contributed by atoms with Gasteiger partial charge in [-0.25, -0.2) is 13.2 Å². The summed E-state index contributed by atoms with van der Waals surface area (Å²) in [5, 5.41) is 11.3. The number of benzene rings is 1. The Morgan fingerprint density at radius 3 is 2.40 bits per heavy atom. The smallest absolute Gasteiger partial charge is 0.326 e. The lowest BCUT2D eigenvalue weighted by atomic mass is 10.1. The van der Waals surface area contributed by atoms with Crippen LogP contribution in [0.15, 0.2) is 29.2 Å². The van der Waals surface area contributed by atoms with Crippen LogP contribution in [-0.4, -0.2) is 37.7 Å². The highest BCUT2D eigenvalue weighted by atomic mass is 32.2. The summed E-state index contributed by atoms with van der Waals surface area (Å²) in [5.41, 5.74) is -0.0441. The predicted octanol–water partition coefficient (Wildman–Crippen LogP) is 1.07. The molecule has 0 bridgehead atoms. The quantitative estimate of drug-likeness (QED) is 0.818. The lowest BCUT2D eigenvalue weighted by Crippen LogP contribution is -2.41. The number of carboxylic acids is 1. The lowest BCUT2D eigenvalue weighted by Gasteiger charge is -2.14. The fraction of sp³-hybridized carbons (Fsp3) is 0.385. The van der Waals surface area contributed by atoms with Crippen LogP contribution in [0.3, 0.4) is 0 Å². The van der Waals surface area contributed by atoms with Crippen molar-refractivity contribution in [3.8, 4) is 0 Å². The minimum Gasteiger partial charge on any atom is -0.480 e. The van der Waals surface area contributed by atoms with E-state index in [1.54, 1.807) is 6.92 Å². The van der Waals surface area contributed by atoms with Crippen LogP contribution < -0.4 is 5.32 Å². The first kappa shape index (κ1) is 16.2. The number of sulfone groups is 1. The molecule has 1 aromatic carbocycles. The number of carbonyl (C=O) groups excluding carboxylic acids is 1. The first-order valence-electron chi connectivity index (χ1n) is 6.10. The van der Waals surface area contributed by atoms with E-state index in [4.69, 9.17) is 5.11 Å². The van der Waals surface area contributed by atoms with E-state index in [0.717, 1.165) is 6.26 Å². The number of aliphatic carboxylic acids is 1. The minimum atomic E-state index is -3.56. The number of hydrogen-bond acceptors (Lipinski definition) is 4. The minimum absolute atomic E-state index is 0.0441. The van der Waals surface area contributed by atoms with Gasteiger partial charge in [0.05, 0.1) is 10.5 Å². The van der Waals surface area contributed by atoms with Crippen molar-refractivity contribution >= 4 is 21.7 Å². The highest BCUT2D eigenvalue weighted by Gasteiger charge is 2.23. The molecular formula is C13H17NO5S. The fourth-order valence-corrected chi connectivity index (χ4v) is 2.65. The van der Waals surface area contributed by atoms with E-state index in [2.05, 4.69) is 5.32 Å². The monoisotopic (exact) mass is 299 g/mol. The number of hydrogen-bond donors (Lipinski definition) is 2. The van der Waals surface area contributed by atoms with Crippen LogP contribution in [0.5, 0.6) is 0 Å². The van der Waals surface area contributed by atoms with E-state index in [1.165, 1.54) is 24.3 Å². The summed E-state index contributed by atoms with van der Waals surface area (Å²) in [5.74, 6) is -1.84. The third kappa shape index (κ3) is 4.06. The van der Waals surface area contributed by atoms with Crippen molar-refractivity contribution in [1.29, 1.82) is 0 Å². The van der Waals surface area contributed by atoms with Gasteiger partial charge < -0.3 is 10.4 Å². The summed E-state index contributed by atoms with van der Waals surface area (Å²) < 4.78 is 23.2. The molecule has 0 saturated carbocycles. The normalized spacial score (nSPS) is 12.7. The van der Waals surface area contributed by atoms with Gasteiger partial charge in [-0.1, -0.05) is 25.5 Å². The summed E-state index contributed by atoms with van der Waals surface area (Å²) in [4.78, 5) is 23.0. The molecule has 0 spiro atoms. The number of nitrogens with one attached hydrogen (secondary N) is 1. The topological polar surface area (TPSA) is 101 Å². The molecule has 0 aromatic heterocycles. The molecule has 7 heteroatoms. The SMILES string of the molecule is CCCC(NC(=O)c1ccccc1S(C)(=O)=O)C(=O)O. The maximum atomic E-state index is 12.1. The van der Waals surface area contributed by atoms with Gasteiger partial charge >= 0.3 is 5.97 Å². The van der Waals surface area contributed by atoms with Gasteiger partial charge in [-0.15, -0.1) is 0 Å². The second-order valence-corrected chi connectivity index (χ2v) is 6.41. The fourth-order valence-electron chi connectivity index (χ4n) is 1.76. The molecule has 0 radical (unpaired) electrons. The molecule has 2 N–H and O–H groups in total. The van der Waals surface area contributed by atoms with Gasteiger partial charge in [0.2, 0.25) is 0 Å². The van der Waals surface area contributed by atoms with Gasteiger partial charge in [0.1, 0.15) is 6.04 Å². The zero-order chi connectivity index (χ0) is 15.3. The molecule has 0 aliphatic rings. The molecule has 20 heavy (non-hydrogen) atoms. The molecule has 1 aromatic rings. The summed E-state index contributed by atoms with van der Waals surface area (Å²) in [7, 11) is -3.56. The number of amides is 1. The molecule has 0 fully saturated rings. The van der Waals surface area contributed by atoms with E-state index < -0.39 is 27.8 Å². The Morgan fingerprint density at radius 1 is 1.30 bits per heavy atom. The molecule has 0 heterocycles. The lowest BCUT2D eigenvalue weighted by molar-refractivity contribution is -0.139. The highest BCUT2D eigenvalue weighted by molar-refractivity contribution is 7.90. The van der Waals surface area contributed by atoms with Crippen molar-refractivity contribution in [3.05, 3.63) is 29.8 Å². The standard InChI is InChI=1S/C13H17NO5S/c1-3-6-10(13(16)17)14-12(15)9-7-4-5-8-11(9)20(2,18)19/h4-5,7-8,10H,3,6H2,1-2H3,(H,14,15)(H,16,17). The first-order chi connectivity index (χ1) is 9.27. The molecule has 1 rings (SSSR count). The van der Waals surface area contributed by atoms with Gasteiger partial charge in [-0.05, 0) is 18.6 Å². The van der Waals surface area contributed by atoms with Crippen molar-refractivity contribution in [2.24, 2.45) is 0 Å². The van der Waals surface area contributed by atoms with Crippen LogP contribution >= 0.6 is 0 Å². The maximum Gasteiger partial charge on any atom is 0.326 e. The molecular weight excluding hydrogens is 282 g/mol. The molecule has 110 valence electrons.